The summed E-state index contributed by atoms with van der Waals surface area (Å²) in [6, 6.07) is 15.9. The van der Waals surface area contributed by atoms with E-state index in [0.29, 0.717) is 12.1 Å². The van der Waals surface area contributed by atoms with Crippen molar-refractivity contribution in [2.75, 3.05) is 18.5 Å². The molecule has 0 saturated carbocycles. The summed E-state index contributed by atoms with van der Waals surface area (Å²) in [4.78, 5) is 42.6. The number of nitrogens with one attached hydrogen (secondary N) is 2. The molecule has 3 aromatic rings. The highest BCUT2D eigenvalue weighted by Gasteiger charge is 2.77. The number of carbonyl (C=O) groups excluding carboxylic acids is 3. The van der Waals surface area contributed by atoms with Crippen LogP contribution in [0.5, 0.6) is 0 Å². The topological polar surface area (TPSA) is 129 Å². The number of anilines is 1. The van der Waals surface area contributed by atoms with Crippen LogP contribution in [0.25, 0.3) is 11.0 Å². The predicted molar refractivity (Wildman–Crippen MR) is 138 cm³/mol. The second-order valence-corrected chi connectivity index (χ2v) is 12.0. The van der Waals surface area contributed by atoms with Gasteiger partial charge in [-0.15, -0.1) is 16.9 Å². The summed E-state index contributed by atoms with van der Waals surface area (Å²) in [5.74, 6) is -2.00. The van der Waals surface area contributed by atoms with Crippen molar-refractivity contribution in [1.82, 2.24) is 25.2 Å². The van der Waals surface area contributed by atoms with E-state index < -0.39 is 27.4 Å². The minimum absolute atomic E-state index is 0.0335. The Morgan fingerprint density at radius 3 is 2.65 bits per heavy atom. The van der Waals surface area contributed by atoms with Gasteiger partial charge < -0.3 is 20.6 Å². The maximum absolute atomic E-state index is 13.8. The van der Waals surface area contributed by atoms with Crippen LogP contribution in [0.3, 0.4) is 0 Å². The number of thioether (sulfide) groups is 1. The van der Waals surface area contributed by atoms with E-state index in [1.165, 1.54) is 4.90 Å². The summed E-state index contributed by atoms with van der Waals surface area (Å²) in [6.07, 6.45) is 1.37. The maximum atomic E-state index is 13.8. The minimum Gasteiger partial charge on any atom is -0.395 e. The third kappa shape index (κ3) is 3.63. The number of hydrogen-bond acceptors (Lipinski definition) is 7. The number of β-amino-alcohol motifs (C(OH)–C–C–N with tert-alkyl or cyclic N) is 1. The third-order valence-electron chi connectivity index (χ3n) is 8.01. The molecule has 2 bridgehead atoms. The zero-order valence-electron chi connectivity index (χ0n) is 20.3. The van der Waals surface area contributed by atoms with Gasteiger partial charge in [0.05, 0.1) is 28.7 Å². The molecule has 10 nitrogen and oxygen atoms in total. The molecule has 3 saturated heterocycles. The lowest BCUT2D eigenvalue weighted by molar-refractivity contribution is -0.140. The summed E-state index contributed by atoms with van der Waals surface area (Å²) < 4.78 is 0.394. The van der Waals surface area contributed by atoms with Gasteiger partial charge in [0.25, 0.3) is 0 Å². The van der Waals surface area contributed by atoms with Crippen molar-refractivity contribution >= 4 is 46.2 Å². The lowest BCUT2D eigenvalue weighted by Crippen LogP contribution is -2.54. The second kappa shape index (κ2) is 8.84. The number of nitrogens with zero attached hydrogens (tertiary/aromatic N) is 4. The van der Waals surface area contributed by atoms with Crippen LogP contribution in [0.4, 0.5) is 5.69 Å². The van der Waals surface area contributed by atoms with Gasteiger partial charge in [-0.3, -0.25) is 14.4 Å². The number of amides is 3. The van der Waals surface area contributed by atoms with Crippen LogP contribution in [0.15, 0.2) is 54.6 Å². The molecule has 3 fully saturated rings. The Morgan fingerprint density at radius 1 is 1.11 bits per heavy atom. The smallest absolute Gasteiger partial charge is 0.245 e. The van der Waals surface area contributed by atoms with E-state index in [1.54, 1.807) is 16.4 Å². The van der Waals surface area contributed by atoms with E-state index in [1.807, 2.05) is 61.5 Å². The molecular formula is C26H28N6O4S. The van der Waals surface area contributed by atoms with Gasteiger partial charge in [-0.25, -0.2) is 4.68 Å². The fraction of sp³-hybridized carbons (Fsp3) is 0.423. The highest BCUT2D eigenvalue weighted by molar-refractivity contribution is 8.02. The average molecular weight is 521 g/mol. The first-order valence-electron chi connectivity index (χ1n) is 12.4. The first-order valence-corrected chi connectivity index (χ1v) is 13.2. The van der Waals surface area contributed by atoms with Crippen LogP contribution in [0.1, 0.15) is 19.8 Å². The monoisotopic (exact) mass is 520 g/mol. The van der Waals surface area contributed by atoms with E-state index in [-0.39, 0.29) is 37.5 Å². The molecule has 0 radical (unpaired) electrons. The molecule has 3 aliphatic rings. The van der Waals surface area contributed by atoms with Crippen LogP contribution >= 0.6 is 11.8 Å². The number of carbonyl (C=O) groups is 3. The lowest BCUT2D eigenvalue weighted by atomic mass is 9.66. The fourth-order valence-electron chi connectivity index (χ4n) is 6.50. The van der Waals surface area contributed by atoms with Crippen molar-refractivity contribution in [3.8, 4) is 0 Å². The van der Waals surface area contributed by atoms with Crippen molar-refractivity contribution in [2.45, 2.75) is 42.0 Å². The van der Waals surface area contributed by atoms with Crippen LogP contribution < -0.4 is 10.6 Å². The summed E-state index contributed by atoms with van der Waals surface area (Å²) >= 11 is 1.59. The quantitative estimate of drug-likeness (QED) is 0.432. The Hall–Kier alpha value is -3.44. The number of rotatable bonds is 7. The number of aliphatic hydroxyl groups is 1. The molecule has 0 aliphatic carbocycles. The molecule has 5 atom stereocenters. The first kappa shape index (κ1) is 23.9. The molecule has 3 aliphatic heterocycles. The fourth-order valence-corrected chi connectivity index (χ4v) is 8.86. The number of benzene rings is 2. The van der Waals surface area contributed by atoms with Crippen molar-refractivity contribution in [3.05, 3.63) is 54.6 Å². The van der Waals surface area contributed by atoms with E-state index in [4.69, 9.17) is 0 Å². The van der Waals surface area contributed by atoms with E-state index in [2.05, 4.69) is 20.9 Å². The van der Waals surface area contributed by atoms with Gasteiger partial charge >= 0.3 is 0 Å². The van der Waals surface area contributed by atoms with Crippen molar-refractivity contribution in [2.24, 2.45) is 11.8 Å². The van der Waals surface area contributed by atoms with E-state index in [9.17, 15) is 19.5 Å². The molecule has 3 amide bonds. The number of fused-ring (bicyclic) bond motifs is 2. The largest absolute Gasteiger partial charge is 0.395 e. The molecule has 2 aromatic carbocycles. The molecule has 2 unspecified atom stereocenters. The van der Waals surface area contributed by atoms with Crippen molar-refractivity contribution < 1.29 is 19.5 Å². The zero-order chi connectivity index (χ0) is 25.8. The molecule has 37 heavy (non-hydrogen) atoms. The SMILES string of the molecule is C[C@]12CCC3(S1)C(C(=O)NCn1nnc4ccccc41)N(CCO)C(=O)[C@@H]3[C@H]2C(=O)Nc1ccccc1. The van der Waals surface area contributed by atoms with Gasteiger partial charge in [0.15, 0.2) is 0 Å². The predicted octanol–water partition coefficient (Wildman–Crippen LogP) is 1.62. The standard InChI is InChI=1S/C26H28N6O4S/c1-25-11-12-26(37-25)20(19(25)22(34)28-16-7-3-2-4-8-16)24(36)31(13-14-33)21(26)23(35)27-15-32-18-10-6-5-9-17(18)29-30-32/h2-10,19-21,33H,11-15H2,1H3,(H,27,35)(H,28,34)/t19-,20-,21?,25+,26?/m0/s1. The Morgan fingerprint density at radius 2 is 1.86 bits per heavy atom. The van der Waals surface area contributed by atoms with Gasteiger partial charge in [-0.05, 0) is 44.0 Å². The Bertz CT molecular complexity index is 1380. The second-order valence-electron chi connectivity index (χ2n) is 10.1. The molecular weight excluding hydrogens is 492 g/mol. The number of aliphatic hydroxyl groups excluding tert-OH is 1. The van der Waals surface area contributed by atoms with Crippen LogP contribution in [-0.2, 0) is 21.1 Å². The Labute approximate surface area is 217 Å². The number of para-hydroxylation sites is 2. The lowest BCUT2D eigenvalue weighted by Gasteiger charge is -2.34. The minimum atomic E-state index is -0.798. The average Bonchev–Trinajstić information content (AvgIpc) is 3.59. The molecule has 1 spiro atoms. The van der Waals surface area contributed by atoms with E-state index in [0.717, 1.165) is 17.5 Å². The molecule has 6 rings (SSSR count). The number of hydrogen-bond donors (Lipinski definition) is 3. The van der Waals surface area contributed by atoms with Gasteiger partial charge in [0.2, 0.25) is 17.7 Å². The van der Waals surface area contributed by atoms with Crippen LogP contribution in [0, 0.1) is 11.8 Å². The molecule has 3 N–H and O–H groups in total. The van der Waals surface area contributed by atoms with Crippen LogP contribution in [0.2, 0.25) is 0 Å². The zero-order valence-corrected chi connectivity index (χ0v) is 21.1. The molecule has 1 aromatic heterocycles. The highest BCUT2D eigenvalue weighted by atomic mass is 32.2. The van der Waals surface area contributed by atoms with Gasteiger partial charge in [0.1, 0.15) is 18.2 Å². The van der Waals surface area contributed by atoms with E-state index >= 15 is 0 Å². The Kier molecular flexibility index (Phi) is 5.72. The third-order valence-corrected chi connectivity index (χ3v) is 10.00. The summed E-state index contributed by atoms with van der Waals surface area (Å²) in [7, 11) is 0. The van der Waals surface area contributed by atoms with Gasteiger partial charge in [-0.2, -0.15) is 0 Å². The summed E-state index contributed by atoms with van der Waals surface area (Å²) in [6.45, 7) is 1.89. The van der Waals surface area contributed by atoms with Crippen LogP contribution in [-0.4, -0.2) is 71.4 Å². The number of aromatic nitrogens is 3. The van der Waals surface area contributed by atoms with Gasteiger partial charge in [0, 0.05) is 17.0 Å². The summed E-state index contributed by atoms with van der Waals surface area (Å²) in [5.41, 5.74) is 2.18. The highest BCUT2D eigenvalue weighted by Crippen LogP contribution is 2.71. The van der Waals surface area contributed by atoms with Crippen molar-refractivity contribution in [1.29, 1.82) is 0 Å². The molecule has 11 heteroatoms. The van der Waals surface area contributed by atoms with Gasteiger partial charge in [-0.1, -0.05) is 35.5 Å². The van der Waals surface area contributed by atoms with Crippen molar-refractivity contribution in [3.63, 3.8) is 0 Å². The Balaban J connectivity index is 1.29. The first-order chi connectivity index (χ1) is 17.9. The molecule has 192 valence electrons. The maximum Gasteiger partial charge on any atom is 0.245 e. The molecule has 4 heterocycles. The summed E-state index contributed by atoms with van der Waals surface area (Å²) in [5, 5.41) is 24.0. The normalized spacial score (nSPS) is 30.1. The number of likely N-dealkylation sites (tertiary alicyclic amines) is 1.